The van der Waals surface area contributed by atoms with Gasteiger partial charge in [0.2, 0.25) is 5.82 Å². The van der Waals surface area contributed by atoms with Crippen molar-refractivity contribution in [3.05, 3.63) is 28.2 Å². The van der Waals surface area contributed by atoms with Gasteiger partial charge in [0.05, 0.1) is 13.5 Å². The van der Waals surface area contributed by atoms with Crippen molar-refractivity contribution in [3.63, 3.8) is 0 Å². The van der Waals surface area contributed by atoms with E-state index in [9.17, 15) is 14.9 Å². The van der Waals surface area contributed by atoms with Gasteiger partial charge < -0.3 is 14.9 Å². The van der Waals surface area contributed by atoms with E-state index < -0.39 is 4.92 Å². The van der Waals surface area contributed by atoms with Gasteiger partial charge in [0.1, 0.15) is 6.20 Å². The monoisotopic (exact) mass is 211 g/mol. The number of rotatable bonds is 4. The number of nitro groups is 1. The minimum atomic E-state index is -0.579. The van der Waals surface area contributed by atoms with Crippen LogP contribution in [0.15, 0.2) is 12.3 Å². The number of aromatic nitrogens is 2. The average molecular weight is 211 g/mol. The van der Waals surface area contributed by atoms with E-state index in [2.05, 4.69) is 14.7 Å². The second-order valence-electron chi connectivity index (χ2n) is 2.59. The maximum absolute atomic E-state index is 10.7. The number of aromatic amines is 1. The molecule has 1 heterocycles. The highest BCUT2D eigenvalue weighted by atomic mass is 16.6. The Bertz CT molecular complexity index is 396. The molecule has 0 aliphatic rings. The van der Waals surface area contributed by atoms with Gasteiger partial charge in [-0.25, -0.2) is 9.97 Å². The van der Waals surface area contributed by atoms with Crippen molar-refractivity contribution in [1.29, 1.82) is 0 Å². The highest BCUT2D eigenvalue weighted by molar-refractivity contribution is 5.72. The van der Waals surface area contributed by atoms with Gasteiger partial charge in [-0.3, -0.25) is 4.79 Å². The number of nitrogens with zero attached hydrogens (tertiary/aromatic N) is 2. The molecule has 1 aromatic heterocycles. The SMILES string of the molecule is COC(=O)CC=Cc1ncc([N+](=O)[O-])[nH]1. The minimum absolute atomic E-state index is 0.102. The molecule has 1 rings (SSSR count). The topological polar surface area (TPSA) is 98.1 Å². The molecule has 0 bridgehead atoms. The Balaban J connectivity index is 2.57. The Morgan fingerprint density at radius 3 is 3.07 bits per heavy atom. The van der Waals surface area contributed by atoms with Crippen LogP contribution in [-0.4, -0.2) is 28.0 Å². The summed E-state index contributed by atoms with van der Waals surface area (Å²) in [5.41, 5.74) is 0. The molecule has 0 radical (unpaired) electrons. The van der Waals surface area contributed by atoms with Crippen LogP contribution < -0.4 is 0 Å². The highest BCUT2D eigenvalue weighted by Crippen LogP contribution is 2.07. The lowest BCUT2D eigenvalue weighted by atomic mass is 10.4. The first kappa shape index (κ1) is 10.9. The van der Waals surface area contributed by atoms with Crippen molar-refractivity contribution in [2.24, 2.45) is 0 Å². The Morgan fingerprint density at radius 1 is 1.80 bits per heavy atom. The lowest BCUT2D eigenvalue weighted by Gasteiger charge is -1.90. The van der Waals surface area contributed by atoms with Gasteiger partial charge in [-0.2, -0.15) is 0 Å². The van der Waals surface area contributed by atoms with E-state index in [1.54, 1.807) is 0 Å². The van der Waals surface area contributed by atoms with Crippen LogP contribution >= 0.6 is 0 Å². The first-order valence-electron chi connectivity index (χ1n) is 4.06. The number of hydrogen-bond acceptors (Lipinski definition) is 5. The van der Waals surface area contributed by atoms with E-state index >= 15 is 0 Å². The predicted octanol–water partition coefficient (Wildman–Crippen LogP) is 0.894. The maximum Gasteiger partial charge on any atom is 0.340 e. The van der Waals surface area contributed by atoms with Crippen LogP contribution in [-0.2, 0) is 9.53 Å². The summed E-state index contributed by atoms with van der Waals surface area (Å²) in [6.07, 6.45) is 4.20. The molecule has 80 valence electrons. The molecule has 0 aliphatic heterocycles. The van der Waals surface area contributed by atoms with Gasteiger partial charge >= 0.3 is 11.8 Å². The lowest BCUT2D eigenvalue weighted by molar-refractivity contribution is -0.389. The third-order valence-corrected chi connectivity index (χ3v) is 1.57. The zero-order valence-corrected chi connectivity index (χ0v) is 7.97. The van der Waals surface area contributed by atoms with Gasteiger partial charge in [0.15, 0.2) is 0 Å². The number of esters is 1. The molecular weight excluding hydrogens is 202 g/mol. The quantitative estimate of drug-likeness (QED) is 0.453. The third kappa shape index (κ3) is 3.22. The predicted molar refractivity (Wildman–Crippen MR) is 50.9 cm³/mol. The molecule has 0 spiro atoms. The summed E-state index contributed by atoms with van der Waals surface area (Å²) < 4.78 is 4.40. The molecule has 7 nitrogen and oxygen atoms in total. The summed E-state index contributed by atoms with van der Waals surface area (Å²) in [5.74, 6) is -0.245. The number of hydrogen-bond donors (Lipinski definition) is 1. The highest BCUT2D eigenvalue weighted by Gasteiger charge is 2.06. The van der Waals surface area contributed by atoms with Gasteiger partial charge in [-0.1, -0.05) is 6.08 Å². The molecular formula is C8H9N3O4. The van der Waals surface area contributed by atoms with Crippen molar-refractivity contribution >= 4 is 17.9 Å². The smallest absolute Gasteiger partial charge is 0.340 e. The maximum atomic E-state index is 10.7. The largest absolute Gasteiger partial charge is 0.469 e. The summed E-state index contributed by atoms with van der Waals surface area (Å²) in [5, 5.41) is 10.3. The molecule has 0 fully saturated rings. The van der Waals surface area contributed by atoms with Crippen LogP contribution in [0.1, 0.15) is 12.2 Å². The van der Waals surface area contributed by atoms with E-state index in [1.165, 1.54) is 19.3 Å². The zero-order valence-electron chi connectivity index (χ0n) is 7.97. The Kier molecular flexibility index (Phi) is 3.55. The summed E-state index contributed by atoms with van der Waals surface area (Å²) in [4.78, 5) is 26.6. The molecule has 0 amide bonds. The van der Waals surface area contributed by atoms with E-state index in [-0.39, 0.29) is 18.2 Å². The van der Waals surface area contributed by atoms with Crippen LogP contribution in [0.4, 0.5) is 5.82 Å². The fourth-order valence-corrected chi connectivity index (χ4v) is 0.854. The molecule has 0 aliphatic carbocycles. The zero-order chi connectivity index (χ0) is 11.3. The molecule has 0 saturated heterocycles. The van der Waals surface area contributed by atoms with E-state index in [0.29, 0.717) is 5.82 Å². The number of imidazole rings is 1. The van der Waals surface area contributed by atoms with Gasteiger partial charge in [0.25, 0.3) is 0 Å². The average Bonchev–Trinajstić information content (AvgIpc) is 2.66. The molecule has 0 unspecified atom stereocenters. The minimum Gasteiger partial charge on any atom is -0.469 e. The lowest BCUT2D eigenvalue weighted by Crippen LogP contribution is -1.96. The molecule has 15 heavy (non-hydrogen) atoms. The van der Waals surface area contributed by atoms with Crippen molar-refractivity contribution in [3.8, 4) is 0 Å². The number of ether oxygens (including phenoxy) is 1. The first-order valence-corrected chi connectivity index (χ1v) is 4.06. The standard InChI is InChI=1S/C8H9N3O4/c1-15-8(12)4-2-3-6-9-5-7(10-6)11(13)14/h2-3,5H,4H2,1H3,(H,9,10). The normalized spacial score (nSPS) is 10.5. The number of carbonyl (C=O) groups is 1. The molecule has 0 aromatic carbocycles. The van der Waals surface area contributed by atoms with Crippen LogP contribution in [0.5, 0.6) is 0 Å². The third-order valence-electron chi connectivity index (χ3n) is 1.57. The van der Waals surface area contributed by atoms with Gasteiger partial charge in [-0.05, 0) is 4.92 Å². The van der Waals surface area contributed by atoms with Crippen molar-refractivity contribution in [2.75, 3.05) is 7.11 Å². The number of methoxy groups -OCH3 is 1. The summed E-state index contributed by atoms with van der Waals surface area (Å²) >= 11 is 0. The molecule has 7 heteroatoms. The number of H-pyrrole nitrogens is 1. The second-order valence-corrected chi connectivity index (χ2v) is 2.59. The van der Waals surface area contributed by atoms with Crippen molar-refractivity contribution in [2.45, 2.75) is 6.42 Å². The molecule has 0 saturated carbocycles. The van der Waals surface area contributed by atoms with Gasteiger partial charge in [-0.15, -0.1) is 0 Å². The number of carbonyl (C=O) groups excluding carboxylic acids is 1. The molecule has 0 atom stereocenters. The fourth-order valence-electron chi connectivity index (χ4n) is 0.854. The summed E-state index contributed by atoms with van der Waals surface area (Å²) in [7, 11) is 1.29. The second kappa shape index (κ2) is 4.89. The molecule has 1 N–H and O–H groups in total. The van der Waals surface area contributed by atoms with Crippen molar-refractivity contribution < 1.29 is 14.5 Å². The van der Waals surface area contributed by atoms with Crippen molar-refractivity contribution in [1.82, 2.24) is 9.97 Å². The summed E-state index contributed by atoms with van der Waals surface area (Å²) in [6, 6.07) is 0. The van der Waals surface area contributed by atoms with Crippen LogP contribution in [0, 0.1) is 10.1 Å². The summed E-state index contributed by atoms with van der Waals surface area (Å²) in [6.45, 7) is 0. The van der Waals surface area contributed by atoms with Crippen LogP contribution in [0.3, 0.4) is 0 Å². The van der Waals surface area contributed by atoms with E-state index in [1.807, 2.05) is 0 Å². The molecule has 1 aromatic rings. The first-order chi connectivity index (χ1) is 7.13. The van der Waals surface area contributed by atoms with Gasteiger partial charge in [0, 0.05) is 6.08 Å². The van der Waals surface area contributed by atoms with E-state index in [4.69, 9.17) is 0 Å². The van der Waals surface area contributed by atoms with Crippen LogP contribution in [0.25, 0.3) is 6.08 Å². The van der Waals surface area contributed by atoms with E-state index in [0.717, 1.165) is 6.20 Å². The van der Waals surface area contributed by atoms with Crippen LogP contribution in [0.2, 0.25) is 0 Å². The Morgan fingerprint density at radius 2 is 2.53 bits per heavy atom. The fraction of sp³-hybridized carbons (Fsp3) is 0.250. The number of nitrogens with one attached hydrogen (secondary N) is 1. The Labute approximate surface area is 84.9 Å². The Hall–Kier alpha value is -2.18.